The van der Waals surface area contributed by atoms with Gasteiger partial charge in [0.25, 0.3) is 0 Å². The van der Waals surface area contributed by atoms with Gasteiger partial charge in [-0.15, -0.1) is 11.3 Å². The lowest BCUT2D eigenvalue weighted by Gasteiger charge is -2.30. The van der Waals surface area contributed by atoms with Gasteiger partial charge in [-0.2, -0.15) is 17.5 Å². The standard InChI is InChI=1S/C22H21F3N2O3S2/c23-22(24,25)17-4-3-5-18(12-17)32(29,30)27-10-8-15(9-11-27)21(28)26-13-16-14-31-20-7-2-1-6-19(16)20/h1-7,12,14-15H,8-11,13H2,(H,26,28). The average Bonchev–Trinajstić information content (AvgIpc) is 3.20. The van der Waals surface area contributed by atoms with Gasteiger partial charge in [-0.25, -0.2) is 8.42 Å². The Morgan fingerprint density at radius 2 is 1.81 bits per heavy atom. The minimum Gasteiger partial charge on any atom is -0.352 e. The summed E-state index contributed by atoms with van der Waals surface area (Å²) in [6.07, 6.45) is -3.99. The van der Waals surface area contributed by atoms with Gasteiger partial charge in [0.2, 0.25) is 15.9 Å². The first-order valence-corrected chi connectivity index (χ1v) is 12.4. The van der Waals surface area contributed by atoms with Crippen LogP contribution in [0.5, 0.6) is 0 Å². The minimum absolute atomic E-state index is 0.0814. The number of carbonyl (C=O) groups excluding carboxylic acids is 1. The third-order valence-corrected chi connectivity index (χ3v) is 8.55. The highest BCUT2D eigenvalue weighted by Gasteiger charge is 2.35. The molecule has 0 bridgehead atoms. The number of nitrogens with zero attached hydrogens (tertiary/aromatic N) is 1. The van der Waals surface area contributed by atoms with E-state index in [1.807, 2.05) is 29.6 Å². The summed E-state index contributed by atoms with van der Waals surface area (Å²) in [6.45, 7) is 0.557. The number of amides is 1. The lowest BCUT2D eigenvalue weighted by Crippen LogP contribution is -2.42. The van der Waals surface area contributed by atoms with Crippen molar-refractivity contribution in [1.29, 1.82) is 0 Å². The van der Waals surface area contributed by atoms with E-state index in [1.165, 1.54) is 0 Å². The summed E-state index contributed by atoms with van der Waals surface area (Å²) in [4.78, 5) is 12.2. The molecule has 5 nitrogen and oxygen atoms in total. The van der Waals surface area contributed by atoms with Crippen LogP contribution < -0.4 is 5.32 Å². The topological polar surface area (TPSA) is 66.5 Å². The second-order valence-corrected chi connectivity index (χ2v) is 10.5. The number of hydrogen-bond donors (Lipinski definition) is 1. The Morgan fingerprint density at radius 1 is 1.09 bits per heavy atom. The summed E-state index contributed by atoms with van der Waals surface area (Å²) in [6, 6.07) is 11.7. The fourth-order valence-corrected chi connectivity index (χ4v) is 6.32. The molecule has 1 fully saturated rings. The van der Waals surface area contributed by atoms with Crippen molar-refractivity contribution in [3.63, 3.8) is 0 Å². The molecular formula is C22H21F3N2O3S2. The number of sulfonamides is 1. The van der Waals surface area contributed by atoms with Crippen molar-refractivity contribution in [2.45, 2.75) is 30.5 Å². The highest BCUT2D eigenvalue weighted by Crippen LogP contribution is 2.32. The maximum Gasteiger partial charge on any atom is 0.416 e. The number of benzene rings is 2. The first kappa shape index (κ1) is 22.8. The van der Waals surface area contributed by atoms with Gasteiger partial charge in [-0.1, -0.05) is 24.3 Å². The van der Waals surface area contributed by atoms with Gasteiger partial charge in [0.15, 0.2) is 0 Å². The van der Waals surface area contributed by atoms with Crippen LogP contribution in [0.3, 0.4) is 0 Å². The van der Waals surface area contributed by atoms with E-state index < -0.39 is 21.8 Å². The molecular weight excluding hydrogens is 461 g/mol. The van der Waals surface area contributed by atoms with Gasteiger partial charge < -0.3 is 5.32 Å². The summed E-state index contributed by atoms with van der Waals surface area (Å²) in [5, 5.41) is 6.04. The lowest BCUT2D eigenvalue weighted by atomic mass is 9.97. The summed E-state index contributed by atoms with van der Waals surface area (Å²) >= 11 is 1.61. The number of rotatable bonds is 5. The number of nitrogens with one attached hydrogen (secondary N) is 1. The number of fused-ring (bicyclic) bond motifs is 1. The molecule has 1 aliphatic heterocycles. The first-order chi connectivity index (χ1) is 15.2. The van der Waals surface area contributed by atoms with E-state index in [2.05, 4.69) is 5.32 Å². The van der Waals surface area contributed by atoms with Crippen molar-refractivity contribution in [1.82, 2.24) is 9.62 Å². The van der Waals surface area contributed by atoms with Crippen molar-refractivity contribution >= 4 is 37.4 Å². The molecule has 1 amide bonds. The SMILES string of the molecule is O=C(NCc1csc2ccccc12)C1CCN(S(=O)(=O)c2cccc(C(F)(F)F)c2)CC1. The van der Waals surface area contributed by atoms with Crippen LogP contribution in [0, 0.1) is 5.92 Å². The molecule has 2 aromatic carbocycles. The van der Waals surface area contributed by atoms with E-state index in [-0.39, 0.29) is 29.8 Å². The quantitative estimate of drug-likeness (QED) is 0.576. The minimum atomic E-state index is -4.62. The predicted molar refractivity (Wildman–Crippen MR) is 117 cm³/mol. The molecule has 0 unspecified atom stereocenters. The average molecular weight is 483 g/mol. The fourth-order valence-electron chi connectivity index (χ4n) is 3.84. The summed E-state index contributed by atoms with van der Waals surface area (Å²) in [5.41, 5.74) is 0.0253. The zero-order valence-electron chi connectivity index (χ0n) is 16.9. The third-order valence-electron chi connectivity index (χ3n) is 5.64. The molecule has 1 N–H and O–H groups in total. The zero-order valence-corrected chi connectivity index (χ0v) is 18.6. The van der Waals surface area contributed by atoms with Gasteiger partial charge in [0.05, 0.1) is 10.5 Å². The number of piperidine rings is 1. The summed E-state index contributed by atoms with van der Waals surface area (Å²) in [5.74, 6) is -0.482. The third kappa shape index (κ3) is 4.67. The van der Waals surface area contributed by atoms with Crippen molar-refractivity contribution in [2.75, 3.05) is 13.1 Å². The normalized spacial score (nSPS) is 16.3. The number of carbonyl (C=O) groups is 1. The van der Waals surface area contributed by atoms with Crippen LogP contribution in [0.15, 0.2) is 58.8 Å². The molecule has 1 aliphatic rings. The van der Waals surface area contributed by atoms with Crippen LogP contribution >= 0.6 is 11.3 Å². The van der Waals surface area contributed by atoms with Crippen LogP contribution in [0.4, 0.5) is 13.2 Å². The van der Waals surface area contributed by atoms with Crippen molar-refractivity contribution in [2.24, 2.45) is 5.92 Å². The molecule has 170 valence electrons. The van der Waals surface area contributed by atoms with E-state index >= 15 is 0 Å². The number of halogens is 3. The van der Waals surface area contributed by atoms with Crippen LogP contribution in [0.2, 0.25) is 0 Å². The molecule has 0 aliphatic carbocycles. The second kappa shape index (κ2) is 8.84. The molecule has 4 rings (SSSR count). The molecule has 0 spiro atoms. The van der Waals surface area contributed by atoms with E-state index in [1.54, 1.807) is 11.3 Å². The van der Waals surface area contributed by atoms with Crippen molar-refractivity contribution in [3.8, 4) is 0 Å². The van der Waals surface area contributed by atoms with E-state index in [0.717, 1.165) is 38.2 Å². The summed E-state index contributed by atoms with van der Waals surface area (Å²) < 4.78 is 66.8. The van der Waals surface area contributed by atoms with Gasteiger partial charge in [0.1, 0.15) is 0 Å². The monoisotopic (exact) mass is 482 g/mol. The Bertz CT molecular complexity index is 1230. The molecule has 1 aromatic heterocycles. The Labute approximate surface area is 187 Å². The Balaban J connectivity index is 1.36. The Kier molecular flexibility index (Phi) is 6.28. The first-order valence-electron chi connectivity index (χ1n) is 10.1. The Morgan fingerprint density at radius 3 is 2.53 bits per heavy atom. The van der Waals surface area contributed by atoms with E-state index in [0.29, 0.717) is 25.5 Å². The maximum atomic E-state index is 12.9. The highest BCUT2D eigenvalue weighted by molar-refractivity contribution is 7.89. The van der Waals surface area contributed by atoms with Gasteiger partial charge in [-0.3, -0.25) is 4.79 Å². The smallest absolute Gasteiger partial charge is 0.352 e. The molecule has 32 heavy (non-hydrogen) atoms. The molecule has 2 heterocycles. The highest BCUT2D eigenvalue weighted by atomic mass is 32.2. The fraction of sp³-hybridized carbons (Fsp3) is 0.318. The van der Waals surface area contributed by atoms with Gasteiger partial charge >= 0.3 is 6.18 Å². The van der Waals surface area contributed by atoms with Gasteiger partial charge in [-0.05, 0) is 53.4 Å². The summed E-state index contributed by atoms with van der Waals surface area (Å²) in [7, 11) is -4.06. The molecule has 3 aromatic rings. The number of alkyl halides is 3. The molecule has 10 heteroatoms. The maximum absolute atomic E-state index is 12.9. The molecule has 0 radical (unpaired) electrons. The van der Waals surface area contributed by atoms with Gasteiger partial charge in [0, 0.05) is 30.3 Å². The number of thiophene rings is 1. The second-order valence-electron chi connectivity index (χ2n) is 7.68. The Hall–Kier alpha value is -2.43. The lowest BCUT2D eigenvalue weighted by molar-refractivity contribution is -0.137. The van der Waals surface area contributed by atoms with Crippen LogP contribution in [-0.2, 0) is 27.5 Å². The van der Waals surface area contributed by atoms with E-state index in [4.69, 9.17) is 0 Å². The van der Waals surface area contributed by atoms with Crippen LogP contribution in [-0.4, -0.2) is 31.7 Å². The van der Waals surface area contributed by atoms with Crippen LogP contribution in [0.1, 0.15) is 24.0 Å². The van der Waals surface area contributed by atoms with Crippen molar-refractivity contribution in [3.05, 3.63) is 65.0 Å². The predicted octanol–water partition coefficient (Wildman–Crippen LogP) is 4.64. The number of hydrogen-bond acceptors (Lipinski definition) is 4. The molecule has 0 atom stereocenters. The largest absolute Gasteiger partial charge is 0.416 e. The van der Waals surface area contributed by atoms with E-state index in [9.17, 15) is 26.4 Å². The van der Waals surface area contributed by atoms with Crippen LogP contribution in [0.25, 0.3) is 10.1 Å². The molecule has 1 saturated heterocycles. The van der Waals surface area contributed by atoms with Crippen molar-refractivity contribution < 1.29 is 26.4 Å². The zero-order chi connectivity index (χ0) is 22.9. The molecule has 0 saturated carbocycles.